The number of nitrogens with one attached hydrogen (secondary N) is 4. The van der Waals surface area contributed by atoms with Crippen molar-refractivity contribution in [3.63, 3.8) is 0 Å². The Morgan fingerprint density at radius 1 is 0.833 bits per heavy atom. The number of imidazole rings is 2. The van der Waals surface area contributed by atoms with Gasteiger partial charge in [0.1, 0.15) is 36.1 Å². The van der Waals surface area contributed by atoms with Crippen LogP contribution in [0.3, 0.4) is 0 Å². The lowest BCUT2D eigenvalue weighted by molar-refractivity contribution is -0.138. The molecule has 3 aromatic carbocycles. The van der Waals surface area contributed by atoms with E-state index >= 15 is 0 Å². The Bertz CT molecular complexity index is 2670. The standard InChI is InChI=1S/C49H60N8O9/c1-24(2)39(54-48(60)64-7)47(59)57-25(3)9-16-36(57)44-50-35-15-13-29-19-34-32-14-12-30(18-31(32)23-66-38(34)20-33(29)43(35)53-44)42-41(28-10-11-28)51-45(52-42)37-17-27(22-62-5)21-56(37)46(58)40(26(4)63-6)55-49(61)65-8/h12-15,18-20,24-28,36-37,39-40H,9-11,16-17,21-23H2,1-8H3,(H,50,53)(H,51,52)(H,54,60)(H,55,61)/t25-,26+,27-,36-,37-,39-,40-/m0/s1. The average molecular weight is 905 g/mol. The molecular weight excluding hydrogens is 845 g/mol. The third kappa shape index (κ3) is 8.31. The van der Waals surface area contributed by atoms with E-state index in [4.69, 9.17) is 33.7 Å². The number of fused-ring (bicyclic) bond motifs is 6. The van der Waals surface area contributed by atoms with Gasteiger partial charge in [-0.3, -0.25) is 9.59 Å². The maximum absolute atomic E-state index is 14.3. The lowest BCUT2D eigenvalue weighted by atomic mass is 9.92. The summed E-state index contributed by atoms with van der Waals surface area (Å²) in [6, 6.07) is 12.4. The molecule has 17 heteroatoms. The number of alkyl carbamates (subject to hydrolysis) is 2. The van der Waals surface area contributed by atoms with Gasteiger partial charge in [0, 0.05) is 55.2 Å². The van der Waals surface area contributed by atoms with Gasteiger partial charge in [-0.1, -0.05) is 32.0 Å². The quantitative estimate of drug-likeness (QED) is 0.0926. The van der Waals surface area contributed by atoms with Gasteiger partial charge in [0.05, 0.1) is 61.4 Å². The summed E-state index contributed by atoms with van der Waals surface area (Å²) in [5.41, 5.74) is 7.71. The first-order valence-electron chi connectivity index (χ1n) is 23.0. The number of carbonyl (C=O) groups is 4. The smallest absolute Gasteiger partial charge is 0.407 e. The zero-order valence-corrected chi connectivity index (χ0v) is 38.9. The number of aromatic amines is 2. The van der Waals surface area contributed by atoms with Crippen molar-refractivity contribution in [1.82, 2.24) is 40.4 Å². The molecule has 2 aromatic heterocycles. The van der Waals surface area contributed by atoms with Gasteiger partial charge in [-0.25, -0.2) is 19.6 Å². The molecule has 4 amide bonds. The van der Waals surface area contributed by atoms with Crippen molar-refractivity contribution >= 4 is 45.8 Å². The first-order chi connectivity index (χ1) is 31.8. The Labute approximate surface area is 383 Å². The third-order valence-electron chi connectivity index (χ3n) is 14.0. The van der Waals surface area contributed by atoms with Crippen LogP contribution in [0.5, 0.6) is 5.75 Å². The van der Waals surface area contributed by atoms with E-state index in [0.717, 1.165) is 86.9 Å². The van der Waals surface area contributed by atoms with Crippen LogP contribution in [0, 0.1) is 11.8 Å². The van der Waals surface area contributed by atoms with Gasteiger partial charge in [0.15, 0.2) is 0 Å². The number of nitrogens with zero attached hydrogens (tertiary/aromatic N) is 4. The molecule has 3 fully saturated rings. The van der Waals surface area contributed by atoms with Crippen molar-refractivity contribution < 1.29 is 42.9 Å². The molecule has 3 aliphatic heterocycles. The van der Waals surface area contributed by atoms with Crippen LogP contribution in [0.15, 0.2) is 42.5 Å². The van der Waals surface area contributed by atoms with E-state index in [0.29, 0.717) is 43.7 Å². The maximum atomic E-state index is 14.3. The number of rotatable bonds is 13. The molecule has 1 aliphatic carbocycles. The average Bonchev–Trinajstić information content (AvgIpc) is 3.60. The summed E-state index contributed by atoms with van der Waals surface area (Å²) in [4.78, 5) is 74.0. The molecule has 66 heavy (non-hydrogen) atoms. The number of hydrogen-bond acceptors (Lipinski definition) is 11. The van der Waals surface area contributed by atoms with Crippen molar-refractivity contribution in [3.8, 4) is 28.1 Å². The van der Waals surface area contributed by atoms with Gasteiger partial charge < -0.3 is 54.1 Å². The second-order valence-electron chi connectivity index (χ2n) is 18.6. The fraction of sp³-hybridized carbons (Fsp3) is 0.510. The molecule has 4 N–H and O–H groups in total. The van der Waals surface area contributed by atoms with E-state index in [1.807, 2.05) is 31.7 Å². The summed E-state index contributed by atoms with van der Waals surface area (Å²) in [6.07, 6.45) is 2.32. The minimum absolute atomic E-state index is 0.0338. The van der Waals surface area contributed by atoms with Gasteiger partial charge in [0.2, 0.25) is 11.8 Å². The van der Waals surface area contributed by atoms with Gasteiger partial charge in [0.25, 0.3) is 0 Å². The molecule has 350 valence electrons. The number of H-pyrrole nitrogens is 2. The zero-order valence-electron chi connectivity index (χ0n) is 38.9. The molecule has 5 aromatic rings. The van der Waals surface area contributed by atoms with Gasteiger partial charge in [-0.05, 0) is 92.6 Å². The van der Waals surface area contributed by atoms with Crippen LogP contribution in [0.1, 0.15) is 101 Å². The normalized spacial score (nSPS) is 21.6. The SMILES string of the molecule is COC[C@H]1C[C@@H](c2nc(C3CC3)c(-c3ccc4c(c3)COc3cc5c(ccc6nc([C@@H]7CC[C@H](C)N7C(=O)[C@@H](NC(=O)OC)C(C)C)[nH]c65)cc3-4)[nH]2)N(C(=O)[C@@H](NC(=O)OC)[C@@H](C)OC)C1. The highest BCUT2D eigenvalue weighted by molar-refractivity contribution is 6.07. The highest BCUT2D eigenvalue weighted by Crippen LogP contribution is 2.48. The van der Waals surface area contributed by atoms with E-state index in [9.17, 15) is 19.2 Å². The van der Waals surface area contributed by atoms with Crippen molar-refractivity contribution in [3.05, 3.63) is 65.4 Å². The summed E-state index contributed by atoms with van der Waals surface area (Å²) in [6.45, 7) is 8.89. The fourth-order valence-corrected chi connectivity index (χ4v) is 10.2. The topological polar surface area (TPSA) is 202 Å². The minimum Gasteiger partial charge on any atom is -0.488 e. The summed E-state index contributed by atoms with van der Waals surface area (Å²) >= 11 is 0. The highest BCUT2D eigenvalue weighted by atomic mass is 16.5. The zero-order chi connectivity index (χ0) is 46.6. The van der Waals surface area contributed by atoms with Gasteiger partial charge in [-0.15, -0.1) is 0 Å². The number of methoxy groups -OCH3 is 4. The highest BCUT2D eigenvalue weighted by Gasteiger charge is 2.44. The van der Waals surface area contributed by atoms with Crippen LogP contribution >= 0.6 is 0 Å². The minimum atomic E-state index is -0.960. The van der Waals surface area contributed by atoms with Gasteiger partial charge >= 0.3 is 12.2 Å². The molecule has 2 saturated heterocycles. The summed E-state index contributed by atoms with van der Waals surface area (Å²) in [5.74, 6) is 2.00. The fourth-order valence-electron chi connectivity index (χ4n) is 10.2. The molecule has 0 unspecified atom stereocenters. The van der Waals surface area contributed by atoms with Crippen LogP contribution in [0.4, 0.5) is 9.59 Å². The summed E-state index contributed by atoms with van der Waals surface area (Å²) in [5, 5.41) is 7.42. The lowest BCUT2D eigenvalue weighted by Gasteiger charge is -2.32. The Balaban J connectivity index is 1.01. The Kier molecular flexibility index (Phi) is 12.4. The second-order valence-corrected chi connectivity index (χ2v) is 18.6. The maximum Gasteiger partial charge on any atom is 0.407 e. The molecule has 0 bridgehead atoms. The van der Waals surface area contributed by atoms with Crippen LogP contribution in [0.25, 0.3) is 44.2 Å². The Hall–Kier alpha value is -6.20. The molecular formula is C49H60N8O9. The molecule has 7 atom stereocenters. The summed E-state index contributed by atoms with van der Waals surface area (Å²) in [7, 11) is 5.73. The lowest BCUT2D eigenvalue weighted by Crippen LogP contribution is -2.54. The number of amides is 4. The van der Waals surface area contributed by atoms with Crippen LogP contribution in [-0.2, 0) is 35.1 Å². The number of likely N-dealkylation sites (tertiary alicyclic amines) is 2. The second kappa shape index (κ2) is 18.2. The number of carbonyl (C=O) groups excluding carboxylic acids is 4. The van der Waals surface area contributed by atoms with E-state index < -0.39 is 30.4 Å². The molecule has 5 heterocycles. The number of benzene rings is 3. The van der Waals surface area contributed by atoms with Crippen molar-refractivity contribution in [2.75, 3.05) is 41.6 Å². The molecule has 4 aliphatic rings. The first-order valence-corrected chi connectivity index (χ1v) is 23.0. The number of aromatic nitrogens is 4. The molecule has 1 saturated carbocycles. The third-order valence-corrected chi connectivity index (χ3v) is 14.0. The van der Waals surface area contributed by atoms with Gasteiger partial charge in [-0.2, -0.15) is 0 Å². The number of hydrogen-bond donors (Lipinski definition) is 4. The van der Waals surface area contributed by atoms with Crippen molar-refractivity contribution in [1.29, 1.82) is 0 Å². The van der Waals surface area contributed by atoms with Crippen LogP contribution in [0.2, 0.25) is 0 Å². The predicted octanol–water partition coefficient (Wildman–Crippen LogP) is 7.27. The van der Waals surface area contributed by atoms with Crippen LogP contribution in [-0.4, -0.2) is 120 Å². The largest absolute Gasteiger partial charge is 0.488 e. The molecule has 0 radical (unpaired) electrons. The molecule has 17 nitrogen and oxygen atoms in total. The Morgan fingerprint density at radius 3 is 2.27 bits per heavy atom. The number of ether oxygens (including phenoxy) is 5. The molecule has 9 rings (SSSR count). The van der Waals surface area contributed by atoms with E-state index in [-0.39, 0.29) is 41.8 Å². The van der Waals surface area contributed by atoms with E-state index in [2.05, 4.69) is 57.0 Å². The predicted molar refractivity (Wildman–Crippen MR) is 246 cm³/mol. The monoisotopic (exact) mass is 904 g/mol. The van der Waals surface area contributed by atoms with Crippen LogP contribution < -0.4 is 15.4 Å². The molecule has 0 spiro atoms. The van der Waals surface area contributed by atoms with Crippen molar-refractivity contribution in [2.24, 2.45) is 11.8 Å². The van der Waals surface area contributed by atoms with Crippen molar-refractivity contribution in [2.45, 2.75) is 109 Å². The Morgan fingerprint density at radius 2 is 1.58 bits per heavy atom. The van der Waals surface area contributed by atoms with E-state index in [1.54, 1.807) is 18.9 Å². The summed E-state index contributed by atoms with van der Waals surface area (Å²) < 4.78 is 27.3. The van der Waals surface area contributed by atoms with E-state index in [1.165, 1.54) is 21.3 Å². The first kappa shape index (κ1) is 45.0.